The molecule has 0 aliphatic heterocycles. The van der Waals surface area contributed by atoms with Crippen molar-refractivity contribution >= 4 is 34.5 Å². The maximum Gasteiger partial charge on any atom is 0.176 e. The van der Waals surface area contributed by atoms with Crippen molar-refractivity contribution in [2.24, 2.45) is 0 Å². The molecule has 1 aromatic heterocycles. The summed E-state index contributed by atoms with van der Waals surface area (Å²) in [7, 11) is 0. The topological polar surface area (TPSA) is 84.7 Å². The minimum atomic E-state index is -0.957. The number of thiocarbonyl (C=S) groups is 1. The summed E-state index contributed by atoms with van der Waals surface area (Å²) in [5.41, 5.74) is 2.02. The molecule has 104 valence electrons. The average Bonchev–Trinajstić information content (AvgIpc) is 2.39. The molecule has 0 spiro atoms. The Morgan fingerprint density at radius 3 is 2.55 bits per heavy atom. The van der Waals surface area contributed by atoms with Crippen molar-refractivity contribution in [2.75, 3.05) is 10.6 Å². The highest BCUT2D eigenvalue weighted by Gasteiger charge is 2.02. The van der Waals surface area contributed by atoms with Crippen molar-refractivity contribution in [3.05, 3.63) is 53.4 Å². The largest absolute Gasteiger partial charge is 0.595 e. The van der Waals surface area contributed by atoms with Gasteiger partial charge in [-0.1, -0.05) is 0 Å². The van der Waals surface area contributed by atoms with Crippen LogP contribution in [0.25, 0.3) is 0 Å². The SMILES string of the molecule is Cc1ccnc(NC(=S)Nc2ccc([NH+]([O-])O)cc2)c1. The maximum atomic E-state index is 10.7. The van der Waals surface area contributed by atoms with Gasteiger partial charge in [0.2, 0.25) is 0 Å². The van der Waals surface area contributed by atoms with Crippen LogP contribution in [-0.4, -0.2) is 15.3 Å². The quantitative estimate of drug-likeness (QED) is 0.507. The maximum absolute atomic E-state index is 10.7. The van der Waals surface area contributed by atoms with Gasteiger partial charge < -0.3 is 15.8 Å². The monoisotopic (exact) mass is 290 g/mol. The minimum Gasteiger partial charge on any atom is -0.595 e. The number of anilines is 2. The number of benzene rings is 1. The van der Waals surface area contributed by atoms with Gasteiger partial charge in [-0.05, 0) is 49.0 Å². The summed E-state index contributed by atoms with van der Waals surface area (Å²) in [5, 5.41) is 24.9. The van der Waals surface area contributed by atoms with Gasteiger partial charge >= 0.3 is 0 Å². The molecular formula is C13H14N4O2S. The van der Waals surface area contributed by atoms with Crippen molar-refractivity contribution in [2.45, 2.75) is 6.92 Å². The van der Waals surface area contributed by atoms with E-state index >= 15 is 0 Å². The molecule has 4 N–H and O–H groups in total. The van der Waals surface area contributed by atoms with Crippen LogP contribution >= 0.6 is 12.2 Å². The van der Waals surface area contributed by atoms with Crippen LogP contribution in [0.3, 0.4) is 0 Å². The summed E-state index contributed by atoms with van der Waals surface area (Å²) >= 11 is 5.17. The lowest BCUT2D eigenvalue weighted by Crippen LogP contribution is -2.99. The average molecular weight is 290 g/mol. The van der Waals surface area contributed by atoms with Gasteiger partial charge in [-0.15, -0.1) is 0 Å². The third kappa shape index (κ3) is 3.97. The van der Waals surface area contributed by atoms with Crippen molar-refractivity contribution in [1.29, 1.82) is 0 Å². The van der Waals surface area contributed by atoms with E-state index in [0.717, 1.165) is 5.56 Å². The molecule has 1 atom stereocenters. The second kappa shape index (κ2) is 6.40. The number of rotatable bonds is 3. The fourth-order valence-corrected chi connectivity index (χ4v) is 1.80. The highest BCUT2D eigenvalue weighted by Crippen LogP contribution is 2.11. The van der Waals surface area contributed by atoms with Crippen LogP contribution in [-0.2, 0) is 0 Å². The molecule has 2 rings (SSSR count). The van der Waals surface area contributed by atoms with Crippen LogP contribution in [0.15, 0.2) is 42.6 Å². The summed E-state index contributed by atoms with van der Waals surface area (Å²) in [5.74, 6) is 0.657. The fraction of sp³-hybridized carbons (Fsp3) is 0.0769. The number of hydrogen-bond acceptors (Lipinski definition) is 4. The van der Waals surface area contributed by atoms with E-state index in [1.54, 1.807) is 18.3 Å². The Morgan fingerprint density at radius 2 is 1.95 bits per heavy atom. The van der Waals surface area contributed by atoms with E-state index in [2.05, 4.69) is 15.6 Å². The van der Waals surface area contributed by atoms with Crippen molar-refractivity contribution in [1.82, 2.24) is 4.98 Å². The second-order valence-corrected chi connectivity index (χ2v) is 4.59. The zero-order chi connectivity index (χ0) is 14.5. The zero-order valence-corrected chi connectivity index (χ0v) is 11.6. The number of aromatic nitrogens is 1. The smallest absolute Gasteiger partial charge is 0.176 e. The molecule has 0 aliphatic carbocycles. The number of aryl methyl sites for hydroxylation is 1. The van der Waals surface area contributed by atoms with Gasteiger partial charge in [0.25, 0.3) is 0 Å². The number of quaternary nitrogens is 1. The summed E-state index contributed by atoms with van der Waals surface area (Å²) in [6.45, 7) is 1.97. The van der Waals surface area contributed by atoms with Gasteiger partial charge in [0.05, 0.1) is 0 Å². The van der Waals surface area contributed by atoms with E-state index in [4.69, 9.17) is 17.4 Å². The summed E-state index contributed by atoms with van der Waals surface area (Å²) in [6, 6.07) is 10.1. The number of nitrogens with one attached hydrogen (secondary N) is 3. The first-order chi connectivity index (χ1) is 9.54. The molecule has 0 saturated carbocycles. The molecular weight excluding hydrogens is 276 g/mol. The molecule has 1 aromatic carbocycles. The van der Waals surface area contributed by atoms with E-state index in [0.29, 0.717) is 16.6 Å². The molecule has 0 saturated heterocycles. The second-order valence-electron chi connectivity index (χ2n) is 4.18. The van der Waals surface area contributed by atoms with Gasteiger partial charge in [0, 0.05) is 24.0 Å². The predicted molar refractivity (Wildman–Crippen MR) is 81.0 cm³/mol. The van der Waals surface area contributed by atoms with E-state index < -0.39 is 5.23 Å². The van der Waals surface area contributed by atoms with Gasteiger partial charge in [-0.3, -0.25) is 0 Å². The fourth-order valence-electron chi connectivity index (χ4n) is 1.58. The van der Waals surface area contributed by atoms with Crippen LogP contribution in [0.5, 0.6) is 0 Å². The zero-order valence-electron chi connectivity index (χ0n) is 10.8. The van der Waals surface area contributed by atoms with Crippen LogP contribution in [0, 0.1) is 12.1 Å². The Labute approximate surface area is 121 Å². The minimum absolute atomic E-state index is 0.231. The lowest BCUT2D eigenvalue weighted by Gasteiger charge is -2.13. The van der Waals surface area contributed by atoms with Crippen LogP contribution in [0.1, 0.15) is 5.56 Å². The summed E-state index contributed by atoms with van der Waals surface area (Å²) in [4.78, 5) is 4.14. The van der Waals surface area contributed by atoms with Crippen molar-refractivity contribution in [3.8, 4) is 0 Å². The summed E-state index contributed by atoms with van der Waals surface area (Å²) < 4.78 is 0. The third-order valence-electron chi connectivity index (χ3n) is 2.55. The van der Waals surface area contributed by atoms with Crippen LogP contribution < -0.4 is 15.9 Å². The highest BCUT2D eigenvalue weighted by atomic mass is 32.1. The normalized spacial score (nSPS) is 11.8. The first kappa shape index (κ1) is 14.4. The lowest BCUT2D eigenvalue weighted by atomic mass is 10.3. The third-order valence-corrected chi connectivity index (χ3v) is 2.75. The molecule has 7 heteroatoms. The molecule has 0 aliphatic rings. The van der Waals surface area contributed by atoms with Gasteiger partial charge in [0.15, 0.2) is 10.8 Å². The lowest BCUT2D eigenvalue weighted by molar-refractivity contribution is -0.991. The molecule has 1 unspecified atom stereocenters. The standard InChI is InChI=1S/C13H14N4O2S/c1-9-6-7-14-12(8-9)16-13(20)15-10-2-4-11(5-3-10)17(18)19/h2-8,17-18H,1H3,(H2,14,15,16,20). The molecule has 0 bridgehead atoms. The van der Waals surface area contributed by atoms with E-state index in [-0.39, 0.29) is 5.69 Å². The van der Waals surface area contributed by atoms with Crippen LogP contribution in [0.2, 0.25) is 0 Å². The summed E-state index contributed by atoms with van der Waals surface area (Å²) in [6.07, 6.45) is 1.70. The molecule has 6 nitrogen and oxygen atoms in total. The Morgan fingerprint density at radius 1 is 1.25 bits per heavy atom. The Kier molecular flexibility index (Phi) is 4.59. The Bertz CT molecular complexity index is 602. The first-order valence-corrected chi connectivity index (χ1v) is 6.29. The predicted octanol–water partition coefficient (Wildman–Crippen LogP) is 1.60. The first-order valence-electron chi connectivity index (χ1n) is 5.88. The van der Waals surface area contributed by atoms with Gasteiger partial charge in [-0.2, -0.15) is 5.23 Å². The molecule has 0 fully saturated rings. The molecule has 2 aromatic rings. The van der Waals surface area contributed by atoms with Crippen LogP contribution in [0.4, 0.5) is 17.2 Å². The molecule has 0 amide bonds. The number of pyridine rings is 1. The van der Waals surface area contributed by atoms with E-state index in [9.17, 15) is 5.21 Å². The Balaban J connectivity index is 1.97. The Hall–Kier alpha value is -2.06. The van der Waals surface area contributed by atoms with Crippen molar-refractivity contribution < 1.29 is 10.4 Å². The number of hydrogen-bond donors (Lipinski definition) is 4. The molecule has 0 radical (unpaired) electrons. The highest BCUT2D eigenvalue weighted by molar-refractivity contribution is 7.80. The van der Waals surface area contributed by atoms with Gasteiger partial charge in [0.1, 0.15) is 5.82 Å². The van der Waals surface area contributed by atoms with Crippen molar-refractivity contribution in [3.63, 3.8) is 0 Å². The van der Waals surface area contributed by atoms with E-state index in [1.807, 2.05) is 19.1 Å². The number of nitrogens with zero attached hydrogens (tertiary/aromatic N) is 1. The molecule has 20 heavy (non-hydrogen) atoms. The molecule has 1 heterocycles. The van der Waals surface area contributed by atoms with E-state index in [1.165, 1.54) is 12.1 Å². The van der Waals surface area contributed by atoms with Gasteiger partial charge in [-0.25, -0.2) is 10.2 Å².